The van der Waals surface area contributed by atoms with Gasteiger partial charge in [-0.05, 0) is 89.0 Å². The Morgan fingerprint density at radius 1 is 0.514 bits per heavy atom. The molecule has 3 aromatic heterocycles. The molecule has 0 saturated carbocycles. The second-order valence-corrected chi connectivity index (χ2v) is 19.3. The van der Waals surface area contributed by atoms with Gasteiger partial charge in [-0.25, -0.2) is 4.57 Å². The molecule has 0 atom stereocenters. The van der Waals surface area contributed by atoms with Gasteiger partial charge < -0.3 is 13.9 Å². The van der Waals surface area contributed by atoms with Crippen LogP contribution >= 0.6 is 0 Å². The first-order valence-corrected chi connectivity index (χ1v) is 24.7. The Morgan fingerprint density at radius 3 is 1.60 bits per heavy atom. The summed E-state index contributed by atoms with van der Waals surface area (Å²) in [5.41, 5.74) is 18.2. The van der Waals surface area contributed by atoms with Gasteiger partial charge in [0.05, 0.1) is 5.56 Å². The number of aryl methyl sites for hydroxylation is 2. The maximum atomic E-state index is 6.41. The zero-order chi connectivity index (χ0) is 48.3. The normalized spacial score (nSPS) is 11.8. The summed E-state index contributed by atoms with van der Waals surface area (Å²) in [6.07, 6.45) is 2.39. The van der Waals surface area contributed by atoms with E-state index in [0.29, 0.717) is 23.3 Å². The van der Waals surface area contributed by atoms with Crippen molar-refractivity contribution in [3.8, 4) is 51.2 Å². The Kier molecular flexibility index (Phi) is 12.4. The van der Waals surface area contributed by atoms with Crippen LogP contribution in [-0.2, 0) is 27.6 Å². The van der Waals surface area contributed by atoms with Gasteiger partial charge in [0, 0.05) is 33.7 Å². The molecule has 0 unspecified atom stereocenters. The van der Waals surface area contributed by atoms with E-state index in [4.69, 9.17) is 4.74 Å². The Labute approximate surface area is 436 Å². The summed E-state index contributed by atoms with van der Waals surface area (Å²) in [4.78, 5) is 0. The number of para-hydroxylation sites is 4. The summed E-state index contributed by atoms with van der Waals surface area (Å²) < 4.78 is 15.7. The maximum absolute atomic E-state index is 6.41. The van der Waals surface area contributed by atoms with Gasteiger partial charge in [-0.2, -0.15) is 65.2 Å². The third kappa shape index (κ3) is 8.07. The average molecular weight is 1110 g/mol. The predicted molar refractivity (Wildman–Crippen MR) is 291 cm³/mol. The third-order valence-electron chi connectivity index (χ3n) is 14.2. The Morgan fingerprint density at radius 2 is 1.06 bits per heavy atom. The van der Waals surface area contributed by atoms with E-state index in [0.717, 1.165) is 50.8 Å². The van der Waals surface area contributed by atoms with E-state index in [1.807, 2.05) is 48.5 Å². The summed E-state index contributed by atoms with van der Waals surface area (Å²) in [6.45, 7) is 14.6. The maximum Gasteiger partial charge on any atom is 4.00 e. The first-order valence-electron chi connectivity index (χ1n) is 24.7. The smallest absolute Gasteiger partial charge is 0.509 e. The number of ether oxygens (including phenoxy) is 1. The fourth-order valence-corrected chi connectivity index (χ4v) is 10.6. The Bertz CT molecular complexity index is 3790. The Hall–Kier alpha value is -7.72. The van der Waals surface area contributed by atoms with Crippen molar-refractivity contribution >= 4 is 43.6 Å². The fourth-order valence-electron chi connectivity index (χ4n) is 10.6. The van der Waals surface area contributed by atoms with Gasteiger partial charge >= 0.3 is 21.1 Å². The van der Waals surface area contributed by atoms with Crippen LogP contribution in [0.25, 0.3) is 83.3 Å². The van der Waals surface area contributed by atoms with Crippen LogP contribution in [0.2, 0.25) is 0 Å². The van der Waals surface area contributed by atoms with Gasteiger partial charge in [0.2, 0.25) is 0 Å². The van der Waals surface area contributed by atoms with Gasteiger partial charge in [-0.15, -0.1) is 47.2 Å². The van der Waals surface area contributed by atoms with Crippen LogP contribution in [0.4, 0.5) is 0 Å². The first kappa shape index (κ1) is 46.6. The van der Waals surface area contributed by atoms with E-state index < -0.39 is 0 Å². The second kappa shape index (κ2) is 19.1. The van der Waals surface area contributed by atoms with Crippen molar-refractivity contribution in [1.82, 2.24) is 13.7 Å². The summed E-state index contributed by atoms with van der Waals surface area (Å²) >= 11 is 0. The topological polar surface area (TPSA) is 27.9 Å². The van der Waals surface area contributed by atoms with Crippen LogP contribution in [0.5, 0.6) is 11.5 Å². The standard InChI is InChI=1S/C36H20N2O.C30H33N2.Pt/c1-3-11-25(12-4-1)37-33-17-9-7-15-29(33)31-21-19-27(23-35(31)37)39-28-20-22-32-30-16-8-10-18-34(30)38(36(32)24-28)26-13-5-2-6-14-26;1-19(2)25-12-9-13-26(20(3)4)29(25)28-18-31-17-23-10-7-8-11-27(23)30(31)32(28)24-15-14-21(5)22(6)16-24;/h1-11,13,15-22H;7-16,18-20H,17H2,1-6H3;/q-4;+1;+4. The van der Waals surface area contributed by atoms with Crippen molar-refractivity contribution < 1.29 is 30.4 Å². The van der Waals surface area contributed by atoms with E-state index in [1.54, 1.807) is 0 Å². The molecule has 13 rings (SSSR count). The molecule has 9 aromatic carbocycles. The molecule has 0 saturated heterocycles. The number of hydrogen-bond acceptors (Lipinski definition) is 1. The van der Waals surface area contributed by atoms with Crippen LogP contribution < -0.4 is 9.30 Å². The quantitative estimate of drug-likeness (QED) is 0.110. The number of hydrogen-bond donors (Lipinski definition) is 0. The molecule has 0 aliphatic carbocycles. The van der Waals surface area contributed by atoms with Crippen LogP contribution in [0.3, 0.4) is 0 Å². The molecule has 0 fully saturated rings. The minimum atomic E-state index is 0. The molecule has 5 nitrogen and oxygen atoms in total. The van der Waals surface area contributed by atoms with Crippen LogP contribution in [0.15, 0.2) is 188 Å². The number of nitrogens with zero attached hydrogens (tertiary/aromatic N) is 4. The number of rotatable bonds is 8. The summed E-state index contributed by atoms with van der Waals surface area (Å²) in [5, 5.41) is 4.58. The molecule has 352 valence electrons. The zero-order valence-electron chi connectivity index (χ0n) is 41.3. The predicted octanol–water partition coefficient (Wildman–Crippen LogP) is 16.2. The molecule has 0 spiro atoms. The van der Waals surface area contributed by atoms with Crippen LogP contribution in [-0.4, -0.2) is 13.7 Å². The molecule has 1 aliphatic rings. The van der Waals surface area contributed by atoms with Crippen molar-refractivity contribution in [1.29, 1.82) is 0 Å². The minimum absolute atomic E-state index is 0. The van der Waals surface area contributed by atoms with Crippen molar-refractivity contribution in [2.24, 2.45) is 0 Å². The van der Waals surface area contributed by atoms with Crippen molar-refractivity contribution in [3.63, 3.8) is 0 Å². The van der Waals surface area contributed by atoms with Gasteiger partial charge in [0.1, 0.15) is 18.4 Å². The van der Waals surface area contributed by atoms with Crippen LogP contribution in [0, 0.1) is 38.1 Å². The summed E-state index contributed by atoms with van der Waals surface area (Å²) in [6, 6.07) is 77.4. The van der Waals surface area contributed by atoms with Crippen molar-refractivity contribution in [2.45, 2.75) is 59.9 Å². The molecular formula is C66H53N4OPt+. The van der Waals surface area contributed by atoms with Crippen molar-refractivity contribution in [3.05, 3.63) is 240 Å². The molecule has 1 aliphatic heterocycles. The number of imidazole rings is 1. The molecule has 6 heteroatoms. The van der Waals surface area contributed by atoms with E-state index in [2.05, 4.69) is 224 Å². The average Bonchev–Trinajstić information content (AvgIpc) is 4.14. The van der Waals surface area contributed by atoms with E-state index >= 15 is 0 Å². The molecule has 72 heavy (non-hydrogen) atoms. The van der Waals surface area contributed by atoms with Gasteiger partial charge in [-0.1, -0.05) is 129 Å². The molecule has 0 bridgehead atoms. The van der Waals surface area contributed by atoms with Crippen molar-refractivity contribution in [2.75, 3.05) is 0 Å². The minimum Gasteiger partial charge on any atom is -0.509 e. The van der Waals surface area contributed by atoms with E-state index in [9.17, 15) is 0 Å². The third-order valence-corrected chi connectivity index (χ3v) is 14.2. The first-order chi connectivity index (χ1) is 34.7. The van der Waals surface area contributed by atoms with E-state index in [1.165, 1.54) is 66.9 Å². The number of fused-ring (bicyclic) bond motifs is 9. The molecular weight excluding hydrogens is 1060 g/mol. The SMILES string of the molecule is Cc1ccc(-n2c(-c3c(C(C)C)cccc3C(C)C)c[n+]3c2-c2ccccc2C3)cc1C.[Pt+4].[c-]1ccccc1-n1c2[c-]c(Oc3[c-]c4c(cc3)c3ccccc3n4-c3[c-]cccc3)ccc2c2ccccc21. The monoisotopic (exact) mass is 1110 g/mol. The largest absolute Gasteiger partial charge is 4.00 e. The zero-order valence-corrected chi connectivity index (χ0v) is 43.5. The fraction of sp³-hybridized carbons (Fsp3) is 0.136. The number of aromatic nitrogens is 4. The van der Waals surface area contributed by atoms with Gasteiger partial charge in [0.15, 0.2) is 5.69 Å². The molecule has 0 radical (unpaired) electrons. The van der Waals surface area contributed by atoms with Gasteiger partial charge in [-0.3, -0.25) is 0 Å². The Balaban J connectivity index is 0.000000157. The van der Waals surface area contributed by atoms with E-state index in [-0.39, 0.29) is 21.1 Å². The molecule has 4 heterocycles. The summed E-state index contributed by atoms with van der Waals surface area (Å²) in [7, 11) is 0. The van der Waals surface area contributed by atoms with Crippen LogP contribution in [0.1, 0.15) is 67.3 Å². The molecule has 0 amide bonds. The summed E-state index contributed by atoms with van der Waals surface area (Å²) in [5.74, 6) is 3.46. The second-order valence-electron chi connectivity index (χ2n) is 19.3. The number of benzene rings is 9. The van der Waals surface area contributed by atoms with Gasteiger partial charge in [0.25, 0.3) is 5.82 Å². The molecule has 12 aromatic rings. The molecule has 0 N–H and O–H groups in total.